The molecule has 3 aromatic carbocycles. The molecule has 3 aromatic heterocycles. The SMILES string of the molecule is CC.CC(C)Oc1ccc(-c2nnc(-c3cc(F)c(OCC(N)CO)cc3Cl)s2)cc1C(F)(F)F.CC(C)Oc1ccc(-c2nnc(-c3cc(F)c(OCC(N)CO)cc3Cl)s2)cn1. The molecule has 0 fully saturated rings. The lowest BCUT2D eigenvalue weighted by atomic mass is 10.1. The van der Waals surface area contributed by atoms with Gasteiger partial charge in [0.15, 0.2) is 23.1 Å². The largest absolute Gasteiger partial charge is 0.490 e. The van der Waals surface area contributed by atoms with E-state index in [0.717, 1.165) is 29.0 Å². The van der Waals surface area contributed by atoms with Crippen LogP contribution in [0.3, 0.4) is 0 Å². The first-order valence-corrected chi connectivity index (χ1v) is 21.9. The molecular weight excluding hydrogens is 929 g/mol. The number of hydrogen-bond donors (Lipinski definition) is 4. The summed E-state index contributed by atoms with van der Waals surface area (Å²) in [6, 6.07) is 10.8. The van der Waals surface area contributed by atoms with Crippen molar-refractivity contribution in [1.82, 2.24) is 25.4 Å². The Hall–Kier alpha value is -4.80. The smallest absolute Gasteiger partial charge is 0.419 e. The number of aliphatic hydroxyl groups excluding tert-OH is 2. The van der Waals surface area contributed by atoms with Crippen LogP contribution in [-0.2, 0) is 6.18 Å². The third-order valence-corrected chi connectivity index (χ3v) is 10.6. The van der Waals surface area contributed by atoms with Crippen LogP contribution in [0.5, 0.6) is 23.1 Å². The van der Waals surface area contributed by atoms with E-state index in [2.05, 4.69) is 25.4 Å². The average Bonchev–Trinajstić information content (AvgIpc) is 3.96. The van der Waals surface area contributed by atoms with Gasteiger partial charge in [0.2, 0.25) is 5.88 Å². The number of alkyl halides is 3. The highest BCUT2D eigenvalue weighted by Gasteiger charge is 2.35. The fraction of sp³-hybridized carbons (Fsp3) is 0.357. The minimum absolute atomic E-state index is 0.0322. The Bertz CT molecular complexity index is 2430. The molecule has 0 saturated carbocycles. The van der Waals surface area contributed by atoms with Gasteiger partial charge >= 0.3 is 6.18 Å². The van der Waals surface area contributed by atoms with Gasteiger partial charge in [0.25, 0.3) is 0 Å². The minimum Gasteiger partial charge on any atom is -0.490 e. The van der Waals surface area contributed by atoms with Gasteiger partial charge in [-0.05, 0) is 64.1 Å². The van der Waals surface area contributed by atoms with E-state index in [-0.39, 0.29) is 81.0 Å². The summed E-state index contributed by atoms with van der Waals surface area (Å²) in [6.07, 6.45) is -3.39. The molecular formula is C42H46Cl2F5N7O6S2. The Morgan fingerprint density at radius 3 is 1.52 bits per heavy atom. The van der Waals surface area contributed by atoms with Crippen molar-refractivity contribution in [2.45, 2.75) is 72.0 Å². The zero-order valence-corrected chi connectivity index (χ0v) is 38.4. The van der Waals surface area contributed by atoms with Gasteiger partial charge in [-0.15, -0.1) is 20.4 Å². The normalized spacial score (nSPS) is 12.2. The molecule has 0 amide bonds. The molecule has 0 aliphatic carbocycles. The highest BCUT2D eigenvalue weighted by atomic mass is 35.5. The molecule has 22 heteroatoms. The van der Waals surface area contributed by atoms with Crippen molar-refractivity contribution in [2.75, 3.05) is 26.4 Å². The standard InChI is InChI=1S/C21H20ClF4N3O3S.C19H20ClFN4O3S.C2H6/c1-10(2)32-17-4-3-11(5-14(17)21(24,25)26)19-28-29-20(33-19)13-6-16(23)18(7-15(13)22)31-9-12(27)8-30;1-10(2)28-17-4-3-11(7-23-17)18-24-25-19(29-18)13-5-15(21)16(6-14(13)20)27-9-12(22)8-26;1-2/h3-7,10,12,30H,8-9,27H2,1-2H3;3-7,10,12,26H,8-9,22H2,1-2H3;1-2H3. The quantitative estimate of drug-likeness (QED) is 0.0671. The Morgan fingerprint density at radius 1 is 0.641 bits per heavy atom. The summed E-state index contributed by atoms with van der Waals surface area (Å²) in [5, 5.41) is 35.9. The summed E-state index contributed by atoms with van der Waals surface area (Å²) in [7, 11) is 0. The highest BCUT2D eigenvalue weighted by molar-refractivity contribution is 7.18. The van der Waals surface area contributed by atoms with Crippen molar-refractivity contribution in [1.29, 1.82) is 0 Å². The van der Waals surface area contributed by atoms with Crippen molar-refractivity contribution in [2.24, 2.45) is 11.5 Å². The molecule has 2 atom stereocenters. The summed E-state index contributed by atoms with van der Waals surface area (Å²) in [5.41, 5.74) is 11.7. The number of pyridine rings is 1. The highest BCUT2D eigenvalue weighted by Crippen LogP contribution is 2.42. The number of benzene rings is 3. The summed E-state index contributed by atoms with van der Waals surface area (Å²) in [6.45, 7) is 10.4. The van der Waals surface area contributed by atoms with E-state index >= 15 is 0 Å². The Labute approximate surface area is 384 Å². The molecule has 6 N–H and O–H groups in total. The summed E-state index contributed by atoms with van der Waals surface area (Å²) < 4.78 is 90.7. The fourth-order valence-electron chi connectivity index (χ4n) is 5.06. The van der Waals surface area contributed by atoms with E-state index in [1.807, 2.05) is 33.8 Å². The van der Waals surface area contributed by atoms with E-state index in [4.69, 9.17) is 63.8 Å². The predicted molar refractivity (Wildman–Crippen MR) is 238 cm³/mol. The van der Waals surface area contributed by atoms with Crippen LogP contribution in [0.1, 0.15) is 47.1 Å². The molecule has 6 aromatic rings. The minimum atomic E-state index is -4.63. The first-order chi connectivity index (χ1) is 30.4. The third-order valence-electron chi connectivity index (χ3n) is 7.96. The van der Waals surface area contributed by atoms with Crippen LogP contribution >= 0.6 is 45.9 Å². The van der Waals surface area contributed by atoms with Gasteiger partial charge in [-0.1, -0.05) is 59.7 Å². The van der Waals surface area contributed by atoms with E-state index < -0.39 is 41.6 Å². The molecule has 0 aliphatic heterocycles. The second-order valence-corrected chi connectivity index (χ2v) is 16.6. The van der Waals surface area contributed by atoms with Gasteiger partial charge in [0.05, 0.1) is 53.1 Å². The lowest BCUT2D eigenvalue weighted by molar-refractivity contribution is -0.139. The number of halogens is 7. The van der Waals surface area contributed by atoms with Crippen LogP contribution in [0.4, 0.5) is 22.0 Å². The first-order valence-electron chi connectivity index (χ1n) is 19.5. The van der Waals surface area contributed by atoms with Crippen LogP contribution in [0.15, 0.2) is 60.8 Å². The topological polar surface area (TPSA) is 194 Å². The van der Waals surface area contributed by atoms with Gasteiger partial charge in [-0.2, -0.15) is 13.2 Å². The Balaban J connectivity index is 0.000000272. The van der Waals surface area contributed by atoms with Gasteiger partial charge in [-0.3, -0.25) is 0 Å². The zero-order chi connectivity index (χ0) is 47.3. The molecule has 0 bridgehead atoms. The fourth-order valence-corrected chi connectivity index (χ4v) is 7.39. The van der Waals surface area contributed by atoms with Crippen LogP contribution in [0.2, 0.25) is 10.0 Å². The average molecular weight is 975 g/mol. The van der Waals surface area contributed by atoms with Crippen molar-refractivity contribution in [3.05, 3.63) is 88.0 Å². The van der Waals surface area contributed by atoms with Crippen LogP contribution in [0, 0.1) is 11.6 Å². The number of aliphatic hydroxyl groups is 2. The second kappa shape index (κ2) is 23.9. The number of ether oxygens (including phenoxy) is 4. The van der Waals surface area contributed by atoms with E-state index in [0.29, 0.717) is 21.5 Å². The van der Waals surface area contributed by atoms with E-state index in [1.54, 1.807) is 26.1 Å². The van der Waals surface area contributed by atoms with Gasteiger partial charge in [0.1, 0.15) is 39.0 Å². The molecule has 2 unspecified atom stereocenters. The van der Waals surface area contributed by atoms with Gasteiger partial charge in [-0.25, -0.2) is 13.8 Å². The number of nitrogens with zero attached hydrogens (tertiary/aromatic N) is 5. The predicted octanol–water partition coefficient (Wildman–Crippen LogP) is 9.74. The molecule has 0 saturated heterocycles. The molecule has 6 rings (SSSR count). The molecule has 3 heterocycles. The molecule has 346 valence electrons. The molecule has 0 aliphatic rings. The monoisotopic (exact) mass is 973 g/mol. The van der Waals surface area contributed by atoms with E-state index in [9.17, 15) is 22.0 Å². The number of aromatic nitrogens is 5. The van der Waals surface area contributed by atoms with Crippen molar-refractivity contribution in [3.8, 4) is 65.4 Å². The van der Waals surface area contributed by atoms with Crippen LogP contribution in [-0.4, -0.2) is 86.3 Å². The molecule has 0 radical (unpaired) electrons. The molecule has 0 spiro atoms. The lowest BCUT2D eigenvalue weighted by Gasteiger charge is -2.16. The lowest BCUT2D eigenvalue weighted by Crippen LogP contribution is -2.31. The zero-order valence-electron chi connectivity index (χ0n) is 35.3. The van der Waals surface area contributed by atoms with Crippen molar-refractivity contribution in [3.63, 3.8) is 0 Å². The summed E-state index contributed by atoms with van der Waals surface area (Å²) >= 11 is 14.7. The van der Waals surface area contributed by atoms with Crippen LogP contribution in [0.25, 0.3) is 42.3 Å². The van der Waals surface area contributed by atoms with Crippen LogP contribution < -0.4 is 30.4 Å². The molecule has 13 nitrogen and oxygen atoms in total. The van der Waals surface area contributed by atoms with Crippen molar-refractivity contribution < 1.29 is 51.1 Å². The van der Waals surface area contributed by atoms with Gasteiger partial charge < -0.3 is 40.6 Å². The maximum atomic E-state index is 14.5. The Morgan fingerprint density at radius 2 is 1.09 bits per heavy atom. The van der Waals surface area contributed by atoms with Crippen molar-refractivity contribution >= 4 is 45.9 Å². The maximum absolute atomic E-state index is 14.5. The Kier molecular flexibility index (Phi) is 19.4. The van der Waals surface area contributed by atoms with E-state index in [1.165, 1.54) is 41.7 Å². The third kappa shape index (κ3) is 14.4. The summed E-state index contributed by atoms with van der Waals surface area (Å²) in [5.74, 6) is -1.32. The van der Waals surface area contributed by atoms with Gasteiger partial charge in [0, 0.05) is 46.6 Å². The number of hydrogen-bond acceptors (Lipinski definition) is 15. The summed E-state index contributed by atoms with van der Waals surface area (Å²) in [4.78, 5) is 4.25. The second-order valence-electron chi connectivity index (χ2n) is 13.8. The maximum Gasteiger partial charge on any atom is 0.419 e. The first kappa shape index (κ1) is 51.8. The number of nitrogens with two attached hydrogens (primary N) is 2. The molecule has 64 heavy (non-hydrogen) atoms. The number of rotatable bonds is 16.